The summed E-state index contributed by atoms with van der Waals surface area (Å²) in [5.74, 6) is -0.512. The van der Waals surface area contributed by atoms with Crippen LogP contribution in [0.2, 0.25) is 0 Å². The summed E-state index contributed by atoms with van der Waals surface area (Å²) in [5.41, 5.74) is -1.02. The summed E-state index contributed by atoms with van der Waals surface area (Å²) in [5, 5.41) is 0. The summed E-state index contributed by atoms with van der Waals surface area (Å²) in [6, 6.07) is 0. The predicted molar refractivity (Wildman–Crippen MR) is 52.0 cm³/mol. The molecule has 0 saturated carbocycles. The lowest BCUT2D eigenvalue weighted by Gasteiger charge is -2.31. The first-order valence-electron chi connectivity index (χ1n) is 4.49. The van der Waals surface area contributed by atoms with Crippen molar-refractivity contribution < 1.29 is 23.9 Å². The van der Waals surface area contributed by atoms with E-state index >= 15 is 0 Å². The first-order chi connectivity index (χ1) is 6.24. The molecular weight excluding hydrogens is 207 g/mol. The second kappa shape index (κ2) is 4.91. The largest absolute Gasteiger partial charge is 0.459 e. The molecule has 0 aliphatic rings. The van der Waals surface area contributed by atoms with Gasteiger partial charge in [-0.2, -0.15) is 0 Å². The molecule has 0 atom stereocenters. The summed E-state index contributed by atoms with van der Waals surface area (Å²) >= 11 is 0. The molecule has 0 bridgehead atoms. The van der Waals surface area contributed by atoms with Gasteiger partial charge in [-0.05, 0) is 12.8 Å². The Labute approximate surface area is 83.6 Å². The molecule has 0 heterocycles. The molecule has 84 valence electrons. The zero-order valence-corrected chi connectivity index (χ0v) is 9.58. The van der Waals surface area contributed by atoms with Gasteiger partial charge < -0.3 is 14.5 Å². The second-order valence-electron chi connectivity index (χ2n) is 3.31. The van der Waals surface area contributed by atoms with Crippen LogP contribution in [-0.2, 0) is 14.1 Å². The number of hydrogen-bond acceptors (Lipinski definition) is 3. The Morgan fingerprint density at radius 3 is 2.00 bits per heavy atom. The minimum atomic E-state index is -4.15. The maximum absolute atomic E-state index is 10.8. The lowest BCUT2D eigenvalue weighted by atomic mass is 10.00. The van der Waals surface area contributed by atoms with E-state index < -0.39 is 25.3 Å². The van der Waals surface area contributed by atoms with Crippen molar-refractivity contribution in [1.29, 1.82) is 0 Å². The molecule has 6 heteroatoms. The van der Waals surface area contributed by atoms with Crippen molar-refractivity contribution in [2.24, 2.45) is 0 Å². The van der Waals surface area contributed by atoms with Gasteiger partial charge >= 0.3 is 13.6 Å². The number of ether oxygens (including phenoxy) is 1. The van der Waals surface area contributed by atoms with Gasteiger partial charge in [0, 0.05) is 6.92 Å². The number of rotatable bonds is 5. The topological polar surface area (TPSA) is 83.8 Å². The number of hydrogen-bond donors (Lipinski definition) is 2. The molecule has 0 aromatic heterocycles. The summed E-state index contributed by atoms with van der Waals surface area (Å²) < 4.78 is 15.8. The maximum Gasteiger partial charge on any atom is 0.329 e. The molecule has 0 saturated heterocycles. The smallest absolute Gasteiger partial charge is 0.329 e. The van der Waals surface area contributed by atoms with E-state index in [1.807, 2.05) is 0 Å². The fourth-order valence-corrected chi connectivity index (χ4v) is 2.59. The number of carbonyl (C=O) groups excluding carboxylic acids is 1. The lowest BCUT2D eigenvalue weighted by molar-refractivity contribution is -0.155. The Hall–Kier alpha value is -0.380. The Balaban J connectivity index is 4.70. The van der Waals surface area contributed by atoms with Gasteiger partial charge in [0.25, 0.3) is 0 Å². The van der Waals surface area contributed by atoms with Crippen molar-refractivity contribution in [1.82, 2.24) is 0 Å². The molecule has 0 aliphatic carbocycles. The molecule has 0 unspecified atom stereocenters. The van der Waals surface area contributed by atoms with Crippen molar-refractivity contribution in [2.75, 3.05) is 6.16 Å². The minimum absolute atomic E-state index is 0.397. The SMILES string of the molecule is CCC(CC)(CP(=O)(O)O)OC(C)=O. The Bertz CT molecular complexity index is 240. The highest BCUT2D eigenvalue weighted by atomic mass is 31.2. The molecule has 14 heavy (non-hydrogen) atoms. The summed E-state index contributed by atoms with van der Waals surface area (Å²) in [6.45, 7) is 4.71. The van der Waals surface area contributed by atoms with Crippen molar-refractivity contribution in [2.45, 2.75) is 39.2 Å². The molecule has 0 rings (SSSR count). The first-order valence-corrected chi connectivity index (χ1v) is 6.28. The Morgan fingerprint density at radius 1 is 1.36 bits per heavy atom. The third kappa shape index (κ3) is 4.74. The van der Waals surface area contributed by atoms with Crippen molar-refractivity contribution in [3.63, 3.8) is 0 Å². The average molecular weight is 224 g/mol. The minimum Gasteiger partial charge on any atom is -0.459 e. The van der Waals surface area contributed by atoms with E-state index in [0.717, 1.165) is 0 Å². The molecule has 0 spiro atoms. The molecule has 5 nitrogen and oxygen atoms in total. The molecular formula is C8H17O5P. The van der Waals surface area contributed by atoms with Gasteiger partial charge in [-0.15, -0.1) is 0 Å². The second-order valence-corrected chi connectivity index (χ2v) is 4.95. The van der Waals surface area contributed by atoms with Crippen LogP contribution in [0.25, 0.3) is 0 Å². The maximum atomic E-state index is 10.8. The van der Waals surface area contributed by atoms with E-state index in [1.54, 1.807) is 13.8 Å². The summed E-state index contributed by atoms with van der Waals surface area (Å²) in [6.07, 6.45) is 0.384. The van der Waals surface area contributed by atoms with Crippen LogP contribution in [0.3, 0.4) is 0 Å². The van der Waals surface area contributed by atoms with Gasteiger partial charge in [-0.3, -0.25) is 9.36 Å². The first kappa shape index (κ1) is 13.6. The molecule has 0 radical (unpaired) electrons. The molecule has 0 aromatic rings. The van der Waals surface area contributed by atoms with Crippen LogP contribution in [0, 0.1) is 0 Å². The standard InChI is InChI=1S/C8H17O5P/c1-4-8(5-2,13-7(3)9)6-14(10,11)12/h4-6H2,1-3H3,(H2,10,11,12). The van der Waals surface area contributed by atoms with Crippen LogP contribution < -0.4 is 0 Å². The molecule has 0 amide bonds. The molecule has 0 aromatic carbocycles. The molecule has 0 fully saturated rings. The zero-order valence-electron chi connectivity index (χ0n) is 8.69. The van der Waals surface area contributed by atoms with Crippen LogP contribution in [0.15, 0.2) is 0 Å². The van der Waals surface area contributed by atoms with Gasteiger partial charge in [0.2, 0.25) is 0 Å². The molecule has 0 aliphatic heterocycles. The predicted octanol–water partition coefficient (Wildman–Crippen LogP) is 1.29. The van der Waals surface area contributed by atoms with Crippen LogP contribution in [0.1, 0.15) is 33.6 Å². The van der Waals surface area contributed by atoms with E-state index in [0.29, 0.717) is 12.8 Å². The van der Waals surface area contributed by atoms with E-state index in [9.17, 15) is 9.36 Å². The van der Waals surface area contributed by atoms with E-state index in [2.05, 4.69) is 0 Å². The fourth-order valence-electron chi connectivity index (χ4n) is 1.33. The van der Waals surface area contributed by atoms with Crippen LogP contribution in [0.5, 0.6) is 0 Å². The fraction of sp³-hybridized carbons (Fsp3) is 0.875. The van der Waals surface area contributed by atoms with E-state index in [1.165, 1.54) is 6.92 Å². The highest BCUT2D eigenvalue weighted by molar-refractivity contribution is 7.51. The monoisotopic (exact) mass is 224 g/mol. The number of carbonyl (C=O) groups is 1. The van der Waals surface area contributed by atoms with E-state index in [-0.39, 0.29) is 0 Å². The average Bonchev–Trinajstić information content (AvgIpc) is 1.99. The van der Waals surface area contributed by atoms with Gasteiger partial charge in [-0.1, -0.05) is 13.8 Å². The van der Waals surface area contributed by atoms with Crippen molar-refractivity contribution in [3.8, 4) is 0 Å². The zero-order chi connectivity index (χ0) is 11.4. The van der Waals surface area contributed by atoms with Crippen molar-refractivity contribution >= 4 is 13.6 Å². The van der Waals surface area contributed by atoms with Gasteiger partial charge in [0.05, 0.1) is 6.16 Å². The lowest BCUT2D eigenvalue weighted by Crippen LogP contribution is -2.37. The molecule has 2 N–H and O–H groups in total. The Kier molecular flexibility index (Phi) is 4.78. The van der Waals surface area contributed by atoms with Crippen LogP contribution >= 0.6 is 7.60 Å². The van der Waals surface area contributed by atoms with Crippen LogP contribution in [-0.4, -0.2) is 27.5 Å². The summed E-state index contributed by atoms with van der Waals surface area (Å²) in [4.78, 5) is 28.5. The third-order valence-corrected chi connectivity index (χ3v) is 3.13. The van der Waals surface area contributed by atoms with Gasteiger partial charge in [0.15, 0.2) is 0 Å². The van der Waals surface area contributed by atoms with E-state index in [4.69, 9.17) is 14.5 Å². The van der Waals surface area contributed by atoms with Gasteiger partial charge in [0.1, 0.15) is 5.60 Å². The quantitative estimate of drug-likeness (QED) is 0.543. The number of esters is 1. The third-order valence-electron chi connectivity index (χ3n) is 2.14. The van der Waals surface area contributed by atoms with Gasteiger partial charge in [-0.25, -0.2) is 0 Å². The Morgan fingerprint density at radius 2 is 1.79 bits per heavy atom. The summed E-state index contributed by atoms with van der Waals surface area (Å²) in [7, 11) is -4.15. The van der Waals surface area contributed by atoms with Crippen LogP contribution in [0.4, 0.5) is 0 Å². The van der Waals surface area contributed by atoms with Crippen molar-refractivity contribution in [3.05, 3.63) is 0 Å². The highest BCUT2D eigenvalue weighted by Gasteiger charge is 2.36. The highest BCUT2D eigenvalue weighted by Crippen LogP contribution is 2.42. The normalized spacial score (nSPS) is 12.6.